The van der Waals surface area contributed by atoms with Crippen molar-refractivity contribution in [3.05, 3.63) is 47.9 Å². The number of hydrogen-bond acceptors (Lipinski definition) is 5. The largest absolute Gasteiger partial charge is 0.388 e. The normalized spacial score (nSPS) is 24.7. The fourth-order valence-electron chi connectivity index (χ4n) is 3.05. The van der Waals surface area contributed by atoms with Gasteiger partial charge in [0.05, 0.1) is 12.7 Å². The van der Waals surface area contributed by atoms with E-state index in [0.717, 1.165) is 40.9 Å². The molecule has 0 saturated heterocycles. The van der Waals surface area contributed by atoms with E-state index < -0.39 is 0 Å². The summed E-state index contributed by atoms with van der Waals surface area (Å²) in [7, 11) is 3.57. The van der Waals surface area contributed by atoms with Gasteiger partial charge in [-0.3, -0.25) is 9.98 Å². The summed E-state index contributed by atoms with van der Waals surface area (Å²) in [4.78, 5) is 8.44. The molecule has 0 amide bonds. The van der Waals surface area contributed by atoms with Crippen molar-refractivity contribution in [3.63, 3.8) is 0 Å². The van der Waals surface area contributed by atoms with Crippen LogP contribution >= 0.6 is 11.8 Å². The first-order chi connectivity index (χ1) is 13.2. The Morgan fingerprint density at radius 1 is 1.33 bits per heavy atom. The van der Waals surface area contributed by atoms with Gasteiger partial charge in [-0.05, 0) is 24.5 Å². The van der Waals surface area contributed by atoms with E-state index in [-0.39, 0.29) is 0 Å². The number of nitrogens with one attached hydrogen (secondary N) is 2. The molecule has 0 unspecified atom stereocenters. The molecule has 0 bridgehead atoms. The Morgan fingerprint density at radius 3 is 2.89 bits per heavy atom. The SMILES string of the molecule is C=C1/C=C\C(C(C=NC)=CNCCOC2CCCCC2)=C/CSC(=NC)N1. The smallest absolute Gasteiger partial charge is 0.161 e. The summed E-state index contributed by atoms with van der Waals surface area (Å²) in [6, 6.07) is 0. The first-order valence-corrected chi connectivity index (χ1v) is 10.6. The third-order valence-electron chi connectivity index (χ3n) is 4.47. The molecule has 2 N–H and O–H groups in total. The summed E-state index contributed by atoms with van der Waals surface area (Å²) < 4.78 is 5.97. The Kier molecular flexibility index (Phi) is 10.0. The highest BCUT2D eigenvalue weighted by Crippen LogP contribution is 2.20. The molecule has 2 rings (SSSR count). The van der Waals surface area contributed by atoms with Crippen molar-refractivity contribution in [1.82, 2.24) is 10.6 Å². The van der Waals surface area contributed by atoms with Crippen LogP contribution in [0.5, 0.6) is 0 Å². The summed E-state index contributed by atoms with van der Waals surface area (Å²) in [6.07, 6.45) is 16.9. The summed E-state index contributed by atoms with van der Waals surface area (Å²) in [5.74, 6) is 0.826. The van der Waals surface area contributed by atoms with E-state index in [2.05, 4.69) is 39.3 Å². The average molecular weight is 389 g/mol. The molecule has 1 heterocycles. The van der Waals surface area contributed by atoms with Crippen LogP contribution in [0.3, 0.4) is 0 Å². The van der Waals surface area contributed by atoms with Crippen LogP contribution in [0.15, 0.2) is 57.8 Å². The third-order valence-corrected chi connectivity index (χ3v) is 5.36. The Balaban J connectivity index is 1.93. The Bertz CT molecular complexity index is 628. The van der Waals surface area contributed by atoms with Crippen molar-refractivity contribution in [2.75, 3.05) is 33.0 Å². The maximum atomic E-state index is 5.97. The molecule has 148 valence electrons. The van der Waals surface area contributed by atoms with Gasteiger partial charge in [0.1, 0.15) is 0 Å². The molecule has 5 nitrogen and oxygen atoms in total. The minimum atomic E-state index is 0.450. The highest BCUT2D eigenvalue weighted by atomic mass is 32.2. The van der Waals surface area contributed by atoms with Gasteiger partial charge in [0, 0.05) is 50.1 Å². The minimum absolute atomic E-state index is 0.450. The van der Waals surface area contributed by atoms with Crippen LogP contribution in [0.4, 0.5) is 0 Å². The van der Waals surface area contributed by atoms with Crippen molar-refractivity contribution >= 4 is 23.1 Å². The second kappa shape index (κ2) is 12.6. The molecule has 6 heteroatoms. The molecule has 0 atom stereocenters. The zero-order valence-electron chi connectivity index (χ0n) is 16.5. The first kappa shape index (κ1) is 21.5. The Labute approximate surface area is 167 Å². The molecule has 2 aliphatic rings. The molecule has 1 aliphatic carbocycles. The number of thioether (sulfide) groups is 1. The van der Waals surface area contributed by atoms with E-state index in [1.807, 2.05) is 18.5 Å². The Hall–Kier alpha value is -1.79. The lowest BCUT2D eigenvalue weighted by Crippen LogP contribution is -2.22. The maximum absolute atomic E-state index is 5.97. The molecule has 0 aromatic heterocycles. The molecule has 0 aromatic rings. The summed E-state index contributed by atoms with van der Waals surface area (Å²) >= 11 is 1.65. The summed E-state index contributed by atoms with van der Waals surface area (Å²) in [5, 5.41) is 7.44. The fraction of sp³-hybridized carbons (Fsp3) is 0.524. The molecule has 0 aromatic carbocycles. The van der Waals surface area contributed by atoms with Gasteiger partial charge in [0.25, 0.3) is 0 Å². The molecule has 1 aliphatic heterocycles. The van der Waals surface area contributed by atoms with E-state index in [9.17, 15) is 0 Å². The number of hydrogen-bond donors (Lipinski definition) is 2. The lowest BCUT2D eigenvalue weighted by molar-refractivity contribution is 0.0314. The van der Waals surface area contributed by atoms with E-state index in [1.165, 1.54) is 32.1 Å². The van der Waals surface area contributed by atoms with Crippen LogP contribution < -0.4 is 10.6 Å². The highest BCUT2D eigenvalue weighted by molar-refractivity contribution is 8.13. The van der Waals surface area contributed by atoms with Gasteiger partial charge in [-0.25, -0.2) is 0 Å². The lowest BCUT2D eigenvalue weighted by Gasteiger charge is -2.21. The van der Waals surface area contributed by atoms with E-state index in [4.69, 9.17) is 4.74 Å². The van der Waals surface area contributed by atoms with Crippen molar-refractivity contribution in [2.24, 2.45) is 9.98 Å². The van der Waals surface area contributed by atoms with Gasteiger partial charge in [-0.15, -0.1) is 0 Å². The second-order valence-corrected chi connectivity index (χ2v) is 7.56. The van der Waals surface area contributed by atoms with Crippen molar-refractivity contribution in [3.8, 4) is 0 Å². The minimum Gasteiger partial charge on any atom is -0.388 e. The molecule has 1 fully saturated rings. The summed E-state index contributed by atoms with van der Waals surface area (Å²) in [6.45, 7) is 5.55. The van der Waals surface area contributed by atoms with Crippen LogP contribution in [0.2, 0.25) is 0 Å². The second-order valence-electron chi connectivity index (χ2n) is 6.55. The quantitative estimate of drug-likeness (QED) is 0.514. The van der Waals surface area contributed by atoms with Gasteiger partial charge in [0.15, 0.2) is 5.17 Å². The van der Waals surface area contributed by atoms with Gasteiger partial charge in [-0.2, -0.15) is 0 Å². The standard InChI is InChI=1S/C21H32N4OS/c1-17-9-10-18(11-14-27-21(23-3)25-17)19(15-22-2)16-24-12-13-26-20-7-5-4-6-8-20/h9-11,15-16,20,24H,1,4-8,12-14H2,2-3H3,(H,23,25)/b10-9-,18-11+,19-16?,22-15?. The molecule has 0 radical (unpaired) electrons. The summed E-state index contributed by atoms with van der Waals surface area (Å²) in [5.41, 5.74) is 2.96. The first-order valence-electron chi connectivity index (χ1n) is 9.64. The van der Waals surface area contributed by atoms with Crippen molar-refractivity contribution < 1.29 is 4.74 Å². The predicted octanol–water partition coefficient (Wildman–Crippen LogP) is 3.83. The maximum Gasteiger partial charge on any atom is 0.161 e. The number of nitrogens with zero attached hydrogens (tertiary/aromatic N) is 2. The average Bonchev–Trinajstić information content (AvgIpc) is 2.78. The molecule has 0 spiro atoms. The number of aliphatic imine (C=N–C) groups is 2. The van der Waals surface area contributed by atoms with E-state index in [1.54, 1.807) is 25.9 Å². The van der Waals surface area contributed by atoms with E-state index >= 15 is 0 Å². The van der Waals surface area contributed by atoms with Crippen molar-refractivity contribution in [1.29, 1.82) is 0 Å². The van der Waals surface area contributed by atoms with Gasteiger partial charge < -0.3 is 15.4 Å². The topological polar surface area (TPSA) is 58.0 Å². The fourth-order valence-corrected chi connectivity index (χ4v) is 3.80. The highest BCUT2D eigenvalue weighted by Gasteiger charge is 2.12. The zero-order valence-corrected chi connectivity index (χ0v) is 17.4. The van der Waals surface area contributed by atoms with Gasteiger partial charge in [-0.1, -0.05) is 49.8 Å². The monoisotopic (exact) mass is 388 g/mol. The third kappa shape index (κ3) is 8.18. The van der Waals surface area contributed by atoms with Gasteiger partial charge >= 0.3 is 0 Å². The van der Waals surface area contributed by atoms with Crippen LogP contribution in [0.25, 0.3) is 0 Å². The zero-order chi connectivity index (χ0) is 19.3. The number of allylic oxidation sites excluding steroid dienone is 4. The molecular formula is C21H32N4OS. The van der Waals surface area contributed by atoms with Crippen LogP contribution in [-0.4, -0.2) is 50.5 Å². The Morgan fingerprint density at radius 2 is 2.15 bits per heavy atom. The molecule has 27 heavy (non-hydrogen) atoms. The van der Waals surface area contributed by atoms with E-state index in [0.29, 0.717) is 6.10 Å². The van der Waals surface area contributed by atoms with Crippen LogP contribution in [0.1, 0.15) is 32.1 Å². The van der Waals surface area contributed by atoms with Crippen LogP contribution in [0, 0.1) is 0 Å². The van der Waals surface area contributed by atoms with Crippen molar-refractivity contribution in [2.45, 2.75) is 38.2 Å². The van der Waals surface area contributed by atoms with Crippen LogP contribution in [-0.2, 0) is 4.74 Å². The number of rotatable bonds is 7. The molecular weight excluding hydrogens is 356 g/mol. The van der Waals surface area contributed by atoms with Gasteiger partial charge in [0.2, 0.25) is 0 Å². The predicted molar refractivity (Wildman–Crippen MR) is 119 cm³/mol. The molecule has 1 saturated carbocycles. The lowest BCUT2D eigenvalue weighted by atomic mass is 9.98. The number of ether oxygens (including phenoxy) is 1. The number of amidine groups is 1.